The predicted molar refractivity (Wildman–Crippen MR) is 63.6 cm³/mol. The molecular formula is C11H19N3OS. The highest BCUT2D eigenvalue weighted by Crippen LogP contribution is 2.22. The first-order valence-electron chi connectivity index (χ1n) is 5.71. The second-order valence-corrected chi connectivity index (χ2v) is 6.26. The van der Waals surface area contributed by atoms with Gasteiger partial charge in [0.05, 0.1) is 12.6 Å². The summed E-state index contributed by atoms with van der Waals surface area (Å²) >= 11 is 1.47. The zero-order chi connectivity index (χ0) is 11.8. The highest BCUT2D eigenvalue weighted by Gasteiger charge is 2.22. The lowest BCUT2D eigenvalue weighted by Crippen LogP contribution is -2.24. The summed E-state index contributed by atoms with van der Waals surface area (Å²) in [5.74, 6) is 0. The standard InChI is InChI=1S/C11H19N3OS/c1-11(2,3)9-13-14(10(12)16-9)7-8-5-4-6-15-8/h8,12H,4-7H2,1-3H3/t8-/m1/s1. The van der Waals surface area contributed by atoms with Gasteiger partial charge in [-0.05, 0) is 12.8 Å². The quantitative estimate of drug-likeness (QED) is 0.859. The van der Waals surface area contributed by atoms with E-state index in [0.717, 1.165) is 31.0 Å². The number of nitrogens with one attached hydrogen (secondary N) is 1. The summed E-state index contributed by atoms with van der Waals surface area (Å²) in [6, 6.07) is 0. The first-order valence-corrected chi connectivity index (χ1v) is 6.53. The Morgan fingerprint density at radius 3 is 2.81 bits per heavy atom. The molecule has 1 aliphatic heterocycles. The normalized spacial score (nSPS) is 21.6. The fourth-order valence-electron chi connectivity index (χ4n) is 1.73. The lowest BCUT2D eigenvalue weighted by atomic mass is 9.98. The van der Waals surface area contributed by atoms with Gasteiger partial charge in [-0.25, -0.2) is 4.68 Å². The minimum Gasteiger partial charge on any atom is -0.376 e. The van der Waals surface area contributed by atoms with Crippen LogP contribution in [-0.4, -0.2) is 22.5 Å². The molecule has 0 bridgehead atoms. The minimum absolute atomic E-state index is 0.0300. The maximum Gasteiger partial charge on any atom is 0.200 e. The third kappa shape index (κ3) is 2.52. The largest absolute Gasteiger partial charge is 0.376 e. The van der Waals surface area contributed by atoms with Crippen molar-refractivity contribution >= 4 is 11.3 Å². The van der Waals surface area contributed by atoms with Gasteiger partial charge in [-0.1, -0.05) is 32.1 Å². The van der Waals surface area contributed by atoms with Crippen LogP contribution in [0.3, 0.4) is 0 Å². The molecule has 0 aromatic carbocycles. The molecule has 0 amide bonds. The molecule has 0 radical (unpaired) electrons. The number of rotatable bonds is 2. The lowest BCUT2D eigenvalue weighted by Gasteiger charge is -2.13. The van der Waals surface area contributed by atoms with Crippen molar-refractivity contribution in [1.29, 1.82) is 5.41 Å². The highest BCUT2D eigenvalue weighted by molar-refractivity contribution is 7.08. The fraction of sp³-hybridized carbons (Fsp3) is 0.818. The maximum atomic E-state index is 7.90. The van der Waals surface area contributed by atoms with Crippen LogP contribution in [0, 0.1) is 5.41 Å². The molecule has 0 unspecified atom stereocenters. The van der Waals surface area contributed by atoms with Gasteiger partial charge < -0.3 is 4.74 Å². The molecule has 1 aromatic rings. The molecule has 1 atom stereocenters. The molecule has 2 rings (SSSR count). The van der Waals surface area contributed by atoms with Crippen LogP contribution in [0.5, 0.6) is 0 Å². The molecule has 90 valence electrons. The van der Waals surface area contributed by atoms with E-state index < -0.39 is 0 Å². The van der Waals surface area contributed by atoms with Crippen molar-refractivity contribution in [3.8, 4) is 0 Å². The molecule has 5 heteroatoms. The van der Waals surface area contributed by atoms with Gasteiger partial charge in [0.15, 0.2) is 4.80 Å². The van der Waals surface area contributed by atoms with Crippen LogP contribution in [0.2, 0.25) is 0 Å². The van der Waals surface area contributed by atoms with Crippen LogP contribution in [0.1, 0.15) is 38.6 Å². The third-order valence-corrected chi connectivity index (χ3v) is 3.97. The van der Waals surface area contributed by atoms with Crippen LogP contribution in [0.4, 0.5) is 0 Å². The zero-order valence-electron chi connectivity index (χ0n) is 10.1. The van der Waals surface area contributed by atoms with Crippen LogP contribution in [0.15, 0.2) is 0 Å². The van der Waals surface area contributed by atoms with E-state index in [2.05, 4.69) is 25.9 Å². The second-order valence-electron chi connectivity index (χ2n) is 5.28. The Kier molecular flexibility index (Phi) is 3.17. The van der Waals surface area contributed by atoms with Crippen molar-refractivity contribution in [3.63, 3.8) is 0 Å². The van der Waals surface area contributed by atoms with Gasteiger partial charge in [0, 0.05) is 12.0 Å². The van der Waals surface area contributed by atoms with Crippen LogP contribution in [0.25, 0.3) is 0 Å². The van der Waals surface area contributed by atoms with Crippen LogP contribution >= 0.6 is 11.3 Å². The van der Waals surface area contributed by atoms with E-state index >= 15 is 0 Å². The molecule has 0 spiro atoms. The summed E-state index contributed by atoms with van der Waals surface area (Å²) in [4.78, 5) is 0.528. The smallest absolute Gasteiger partial charge is 0.200 e. The highest BCUT2D eigenvalue weighted by atomic mass is 32.1. The SMILES string of the molecule is CC(C)(C)c1nn(C[C@H]2CCCO2)c(=N)s1. The Labute approximate surface area is 99.8 Å². The summed E-state index contributed by atoms with van der Waals surface area (Å²) in [5, 5.41) is 13.4. The molecule has 16 heavy (non-hydrogen) atoms. The monoisotopic (exact) mass is 241 g/mol. The van der Waals surface area contributed by atoms with Gasteiger partial charge in [-0.2, -0.15) is 5.10 Å². The van der Waals surface area contributed by atoms with Crippen molar-refractivity contribution in [2.24, 2.45) is 0 Å². The molecule has 1 saturated heterocycles. The van der Waals surface area contributed by atoms with Crippen molar-refractivity contribution in [2.45, 2.75) is 51.7 Å². The van der Waals surface area contributed by atoms with Gasteiger partial charge in [0.25, 0.3) is 0 Å². The van der Waals surface area contributed by atoms with E-state index in [4.69, 9.17) is 10.1 Å². The van der Waals surface area contributed by atoms with E-state index in [9.17, 15) is 0 Å². The van der Waals surface area contributed by atoms with Gasteiger partial charge in [-0.3, -0.25) is 5.41 Å². The molecule has 1 N–H and O–H groups in total. The van der Waals surface area contributed by atoms with E-state index in [1.54, 1.807) is 4.68 Å². The average molecular weight is 241 g/mol. The number of aromatic nitrogens is 2. The Balaban J connectivity index is 2.15. The molecular weight excluding hydrogens is 222 g/mol. The first-order chi connectivity index (χ1) is 7.47. The maximum absolute atomic E-state index is 7.90. The van der Waals surface area contributed by atoms with Gasteiger partial charge in [-0.15, -0.1) is 0 Å². The molecule has 0 saturated carbocycles. The molecule has 1 aromatic heterocycles. The first kappa shape index (κ1) is 11.8. The number of nitrogens with zero attached hydrogens (tertiary/aromatic N) is 2. The molecule has 1 aliphatic rings. The summed E-state index contributed by atoms with van der Waals surface area (Å²) < 4.78 is 7.35. The van der Waals surface area contributed by atoms with Gasteiger partial charge in [0.2, 0.25) is 0 Å². The topological polar surface area (TPSA) is 50.9 Å². The number of hydrogen-bond donors (Lipinski definition) is 1. The molecule has 2 heterocycles. The van der Waals surface area contributed by atoms with E-state index in [-0.39, 0.29) is 11.5 Å². The van der Waals surface area contributed by atoms with Crippen molar-refractivity contribution < 1.29 is 4.74 Å². The third-order valence-electron chi connectivity index (χ3n) is 2.68. The van der Waals surface area contributed by atoms with Crippen LogP contribution in [-0.2, 0) is 16.7 Å². The molecule has 1 fully saturated rings. The van der Waals surface area contributed by atoms with Gasteiger partial charge >= 0.3 is 0 Å². The van der Waals surface area contributed by atoms with Crippen molar-refractivity contribution in [3.05, 3.63) is 9.81 Å². The van der Waals surface area contributed by atoms with Crippen LogP contribution < -0.4 is 4.80 Å². The number of ether oxygens (including phenoxy) is 1. The lowest BCUT2D eigenvalue weighted by molar-refractivity contribution is 0.0927. The van der Waals surface area contributed by atoms with Gasteiger partial charge in [0.1, 0.15) is 5.01 Å². The summed E-state index contributed by atoms with van der Waals surface area (Å²) in [7, 11) is 0. The summed E-state index contributed by atoms with van der Waals surface area (Å²) in [6.07, 6.45) is 2.48. The Hall–Kier alpha value is -0.680. The second kappa shape index (κ2) is 4.30. The fourth-order valence-corrected chi connectivity index (χ4v) is 2.58. The van der Waals surface area contributed by atoms with E-state index in [1.807, 2.05) is 0 Å². The minimum atomic E-state index is 0.0300. The number of hydrogen-bond acceptors (Lipinski definition) is 4. The van der Waals surface area contributed by atoms with E-state index in [0.29, 0.717) is 4.80 Å². The Morgan fingerprint density at radius 2 is 2.31 bits per heavy atom. The van der Waals surface area contributed by atoms with E-state index in [1.165, 1.54) is 11.3 Å². The average Bonchev–Trinajstić information content (AvgIpc) is 2.76. The Bertz CT molecular complexity index is 410. The van der Waals surface area contributed by atoms with Crippen molar-refractivity contribution in [2.75, 3.05) is 6.61 Å². The Morgan fingerprint density at radius 1 is 1.56 bits per heavy atom. The summed E-state index contributed by atoms with van der Waals surface area (Å²) in [5.41, 5.74) is 0.0300. The molecule has 0 aliphatic carbocycles. The predicted octanol–water partition coefficient (Wildman–Crippen LogP) is 1.90. The zero-order valence-corrected chi connectivity index (χ0v) is 10.9. The molecule has 4 nitrogen and oxygen atoms in total. The van der Waals surface area contributed by atoms with Crippen molar-refractivity contribution in [1.82, 2.24) is 9.78 Å². The summed E-state index contributed by atoms with van der Waals surface area (Å²) in [6.45, 7) is 7.96.